The number of hydrogen-bond acceptors (Lipinski definition) is 6. The Bertz CT molecular complexity index is 1600. The summed E-state index contributed by atoms with van der Waals surface area (Å²) in [5, 5.41) is 4.89. The molecule has 3 aliphatic carbocycles. The Hall–Kier alpha value is -3.95. The first-order chi connectivity index (χ1) is 21.4. The van der Waals surface area contributed by atoms with Crippen LogP contribution in [0.3, 0.4) is 0 Å². The topological polar surface area (TPSA) is 103 Å². The molecule has 2 N–H and O–H groups in total. The smallest absolute Gasteiger partial charge is 0.313 e. The number of allylic oxidation sites excluding steroid dienone is 1. The van der Waals surface area contributed by atoms with Gasteiger partial charge in [0.15, 0.2) is 11.6 Å². The van der Waals surface area contributed by atoms with Gasteiger partial charge in [0.05, 0.1) is 37.7 Å². The van der Waals surface area contributed by atoms with Crippen LogP contribution in [0.15, 0.2) is 47.4 Å². The number of rotatable bonds is 9. The largest absolute Gasteiger partial charge is 0.496 e. The van der Waals surface area contributed by atoms with Gasteiger partial charge in [-0.2, -0.15) is 0 Å². The number of nitrogens with one attached hydrogen (secondary N) is 2. The minimum Gasteiger partial charge on any atom is -0.496 e. The average Bonchev–Trinajstić information content (AvgIpc) is 3.59. The monoisotopic (exact) mass is 680 g/mol. The normalized spacial score (nSPS) is 26.9. The molecule has 3 aliphatic rings. The summed E-state index contributed by atoms with van der Waals surface area (Å²) in [7, 11) is -7.88. The first-order valence-electron chi connectivity index (χ1n) is 14.3. The van der Waals surface area contributed by atoms with Crippen LogP contribution in [0.2, 0.25) is 0 Å². The zero-order valence-corrected chi connectivity index (χ0v) is 25.4. The summed E-state index contributed by atoms with van der Waals surface area (Å²) in [6, 6.07) is 2.01. The molecule has 2 aromatic carbocycles. The van der Waals surface area contributed by atoms with E-state index in [4.69, 9.17) is 14.2 Å². The highest BCUT2D eigenvalue weighted by Crippen LogP contribution is 3.02. The van der Waals surface area contributed by atoms with Crippen LogP contribution < -0.4 is 20.1 Å². The molecule has 2 amide bonds. The number of amides is 2. The van der Waals surface area contributed by atoms with E-state index in [1.54, 1.807) is 12.2 Å². The molecule has 16 heteroatoms. The third kappa shape index (κ3) is 6.90. The number of methoxy groups -OCH3 is 2. The summed E-state index contributed by atoms with van der Waals surface area (Å²) < 4.78 is 111. The predicted molar refractivity (Wildman–Crippen MR) is 153 cm³/mol. The molecule has 8 nitrogen and oxygen atoms in total. The number of hydrogen-bond donors (Lipinski definition) is 2. The van der Waals surface area contributed by atoms with Gasteiger partial charge in [-0.25, -0.2) is 8.78 Å². The van der Waals surface area contributed by atoms with Crippen LogP contribution in [0.4, 0.5) is 33.9 Å². The Labute approximate surface area is 259 Å². The van der Waals surface area contributed by atoms with Crippen molar-refractivity contribution < 1.29 is 56.8 Å². The van der Waals surface area contributed by atoms with E-state index < -0.39 is 68.2 Å². The van der Waals surface area contributed by atoms with Crippen LogP contribution in [0.25, 0.3) is 0 Å². The van der Waals surface area contributed by atoms with Crippen LogP contribution in [0.1, 0.15) is 42.5 Å². The number of anilines is 1. The summed E-state index contributed by atoms with van der Waals surface area (Å²) in [6.45, 7) is 0. The van der Waals surface area contributed by atoms with E-state index in [9.17, 15) is 42.6 Å². The van der Waals surface area contributed by atoms with E-state index >= 15 is 0 Å². The Morgan fingerprint density at radius 2 is 1.52 bits per heavy atom. The number of carbonyl (C=O) groups is 3. The maximum atomic E-state index is 15.0. The van der Waals surface area contributed by atoms with E-state index in [0.29, 0.717) is 32.1 Å². The second-order valence-corrected chi connectivity index (χ2v) is 14.1. The van der Waals surface area contributed by atoms with Gasteiger partial charge in [-0.15, -0.1) is 0 Å². The summed E-state index contributed by atoms with van der Waals surface area (Å²) >= 11 is 0. The van der Waals surface area contributed by atoms with Crippen molar-refractivity contribution in [3.05, 3.63) is 59.7 Å². The number of fused-ring (bicyclic) bond motifs is 2. The van der Waals surface area contributed by atoms with Gasteiger partial charge in [-0.05, 0) is 68.2 Å². The zero-order chi connectivity index (χ0) is 33.7. The Morgan fingerprint density at radius 1 is 0.848 bits per heavy atom. The van der Waals surface area contributed by atoms with Crippen molar-refractivity contribution in [2.75, 3.05) is 19.5 Å². The highest BCUT2D eigenvalue weighted by Gasteiger charge is 2.67. The highest BCUT2D eigenvalue weighted by atomic mass is 32.5. The molecule has 4 atom stereocenters. The number of esters is 1. The molecule has 0 unspecified atom stereocenters. The fourth-order valence-electron chi connectivity index (χ4n) is 6.44. The minimum absolute atomic E-state index is 0.118. The lowest BCUT2D eigenvalue weighted by molar-refractivity contribution is -0.147. The lowest BCUT2D eigenvalue weighted by Crippen LogP contribution is -2.47. The summed E-state index contributed by atoms with van der Waals surface area (Å²) in [5.41, 5.74) is -0.818. The highest BCUT2D eigenvalue weighted by molar-refractivity contribution is 8.45. The Balaban J connectivity index is 1.33. The molecule has 2 saturated carbocycles. The molecule has 0 heterocycles. The molecule has 0 spiro atoms. The van der Waals surface area contributed by atoms with Gasteiger partial charge in [0.1, 0.15) is 16.5 Å². The van der Waals surface area contributed by atoms with Gasteiger partial charge in [0.25, 0.3) is 5.91 Å². The van der Waals surface area contributed by atoms with E-state index in [1.807, 2.05) is 0 Å². The van der Waals surface area contributed by atoms with Crippen LogP contribution in [-0.2, 0) is 14.3 Å². The lowest BCUT2D eigenvalue weighted by Gasteiger charge is -2.40. The first kappa shape index (κ1) is 33.4. The van der Waals surface area contributed by atoms with E-state index in [1.165, 1.54) is 14.2 Å². The minimum atomic E-state index is -10.4. The summed E-state index contributed by atoms with van der Waals surface area (Å²) in [5.74, 6) is -7.43. The molecule has 0 radical (unpaired) electrons. The van der Waals surface area contributed by atoms with Crippen LogP contribution in [0.5, 0.6) is 11.5 Å². The Morgan fingerprint density at radius 3 is 2.15 bits per heavy atom. The zero-order valence-electron chi connectivity index (χ0n) is 24.5. The lowest BCUT2D eigenvalue weighted by atomic mass is 9.87. The number of benzene rings is 2. The second kappa shape index (κ2) is 11.4. The molecule has 5 rings (SSSR count). The van der Waals surface area contributed by atoms with E-state index in [2.05, 4.69) is 10.6 Å². The van der Waals surface area contributed by atoms with Crippen LogP contribution in [-0.4, -0.2) is 44.1 Å². The van der Waals surface area contributed by atoms with Crippen molar-refractivity contribution >= 4 is 33.7 Å². The molecule has 0 saturated heterocycles. The summed E-state index contributed by atoms with van der Waals surface area (Å²) in [4.78, 5) is 35.9. The van der Waals surface area contributed by atoms with Crippen molar-refractivity contribution in [2.45, 2.75) is 49.1 Å². The molecule has 2 aromatic rings. The number of halogens is 7. The van der Waals surface area contributed by atoms with E-state index in [-0.39, 0.29) is 47.0 Å². The van der Waals surface area contributed by atoms with Crippen molar-refractivity contribution in [3.8, 4) is 11.5 Å². The molecular formula is C30H31F7N2O6S. The maximum absolute atomic E-state index is 15.0. The first-order valence-corrected chi connectivity index (χ1v) is 16.3. The quantitative estimate of drug-likeness (QED) is 0.164. The van der Waals surface area contributed by atoms with Crippen molar-refractivity contribution in [3.63, 3.8) is 0 Å². The third-order valence-corrected chi connectivity index (χ3v) is 9.82. The van der Waals surface area contributed by atoms with Gasteiger partial charge in [0, 0.05) is 17.8 Å². The van der Waals surface area contributed by atoms with Crippen LogP contribution >= 0.6 is 10.2 Å². The van der Waals surface area contributed by atoms with Crippen molar-refractivity contribution in [1.82, 2.24) is 5.32 Å². The Kier molecular flexibility index (Phi) is 8.27. The standard InChI is InChI=1S/C30H31F7N2O6S/c1-43-23-14-22(32)24(45-19-8-5-15(6-9-19)30(42)44-2)13-20(23)28(40)39-27-17-4-3-16(11-17)26(27)29(41)38-18-7-10-21(31)25(12-18)46(33,34,35,36)37/h3-4,7,10,12-17,19,26-27H,5-6,8-9,11H2,1-2H3,(H,38,41)(H,39,40)/t15-,16-,17+,19+,26+,27-/m1/s1. The molecule has 2 fully saturated rings. The number of ether oxygens (including phenoxy) is 3. The predicted octanol–water partition coefficient (Wildman–Crippen LogP) is 7.30. The number of carbonyl (C=O) groups excluding carboxylic acids is 3. The maximum Gasteiger partial charge on any atom is 0.313 e. The van der Waals surface area contributed by atoms with Crippen molar-refractivity contribution in [2.24, 2.45) is 23.7 Å². The second-order valence-electron chi connectivity index (χ2n) is 11.7. The SMILES string of the molecule is COc1cc(F)c(O[C@H]2CC[C@@H](C(=O)OC)CC2)cc1C(=O)N[C@H]1[C@@H](C(=O)Nc2ccc(F)c(S(F)(F)(F)(F)F)c2)[C@@H]2C=C[C@H]1C2. The fourth-order valence-corrected chi connectivity index (χ4v) is 7.23. The van der Waals surface area contributed by atoms with Gasteiger partial charge < -0.3 is 24.8 Å². The van der Waals surface area contributed by atoms with Gasteiger partial charge >= 0.3 is 16.2 Å². The molecule has 0 aromatic heterocycles. The average molecular weight is 681 g/mol. The molecular weight excluding hydrogens is 649 g/mol. The molecule has 0 aliphatic heterocycles. The van der Waals surface area contributed by atoms with Crippen molar-refractivity contribution in [1.29, 1.82) is 0 Å². The van der Waals surface area contributed by atoms with Gasteiger partial charge in [0.2, 0.25) is 5.91 Å². The third-order valence-electron chi connectivity index (χ3n) is 8.68. The molecule has 2 bridgehead atoms. The summed E-state index contributed by atoms with van der Waals surface area (Å²) in [6.07, 6.45) is 5.29. The molecule has 46 heavy (non-hydrogen) atoms. The fraction of sp³-hybridized carbons (Fsp3) is 0.433. The molecule has 252 valence electrons. The van der Waals surface area contributed by atoms with Gasteiger partial charge in [-0.3, -0.25) is 14.4 Å². The van der Waals surface area contributed by atoms with E-state index in [0.717, 1.165) is 18.2 Å². The van der Waals surface area contributed by atoms with Gasteiger partial charge in [-0.1, -0.05) is 31.6 Å². The van der Waals surface area contributed by atoms with Crippen LogP contribution in [0, 0.1) is 35.3 Å².